The van der Waals surface area contributed by atoms with Gasteiger partial charge in [0.25, 0.3) is 5.56 Å². The summed E-state index contributed by atoms with van der Waals surface area (Å²) in [6.07, 6.45) is 2.20. The minimum absolute atomic E-state index is 0.0388. The largest absolute Gasteiger partial charge is 0.454 e. The molecule has 1 aromatic carbocycles. The normalized spacial score (nSPS) is 20.6. The molecular weight excluding hydrogens is 308 g/mol. The zero-order valence-electron chi connectivity index (χ0n) is 13.8. The molecule has 6 heteroatoms. The lowest BCUT2D eigenvalue weighted by Gasteiger charge is -2.35. The number of fused-ring (bicyclic) bond motifs is 2. The number of morpholine rings is 1. The molecule has 0 unspecified atom stereocenters. The van der Waals surface area contributed by atoms with Crippen LogP contribution in [0.3, 0.4) is 0 Å². The van der Waals surface area contributed by atoms with Gasteiger partial charge in [0.05, 0.1) is 18.7 Å². The van der Waals surface area contributed by atoms with E-state index in [0.717, 1.165) is 54.8 Å². The topological polar surface area (TPSA) is 63.8 Å². The Morgan fingerprint density at radius 3 is 2.92 bits per heavy atom. The van der Waals surface area contributed by atoms with Crippen molar-refractivity contribution < 1.29 is 14.2 Å². The van der Waals surface area contributed by atoms with Crippen LogP contribution >= 0.6 is 0 Å². The Kier molecular flexibility index (Phi) is 4.16. The van der Waals surface area contributed by atoms with Crippen LogP contribution in [0.2, 0.25) is 0 Å². The fraction of sp³-hybridized carbons (Fsp3) is 0.500. The van der Waals surface area contributed by atoms with Gasteiger partial charge in [-0.1, -0.05) is 13.3 Å². The Morgan fingerprint density at radius 1 is 1.25 bits per heavy atom. The SMILES string of the molecule is CCC[C@H]1COCCN1Cc1cc2cc3c(cc2[nH]c1=O)OCO3. The van der Waals surface area contributed by atoms with Crippen molar-refractivity contribution in [3.05, 3.63) is 34.1 Å². The van der Waals surface area contributed by atoms with Crippen molar-refractivity contribution in [1.82, 2.24) is 9.88 Å². The first kappa shape index (κ1) is 15.5. The van der Waals surface area contributed by atoms with Gasteiger partial charge in [0.15, 0.2) is 11.5 Å². The second kappa shape index (κ2) is 6.45. The molecule has 128 valence electrons. The van der Waals surface area contributed by atoms with Crippen LogP contribution < -0.4 is 15.0 Å². The Hall–Kier alpha value is -2.05. The number of nitrogens with one attached hydrogen (secondary N) is 1. The molecule has 2 aliphatic rings. The van der Waals surface area contributed by atoms with Gasteiger partial charge in [-0.05, 0) is 18.6 Å². The van der Waals surface area contributed by atoms with E-state index in [-0.39, 0.29) is 12.4 Å². The van der Waals surface area contributed by atoms with E-state index < -0.39 is 0 Å². The Morgan fingerprint density at radius 2 is 2.08 bits per heavy atom. The third kappa shape index (κ3) is 2.87. The number of pyridine rings is 1. The number of rotatable bonds is 4. The van der Waals surface area contributed by atoms with Crippen molar-refractivity contribution in [1.29, 1.82) is 0 Å². The zero-order valence-corrected chi connectivity index (χ0v) is 13.8. The van der Waals surface area contributed by atoms with E-state index in [1.165, 1.54) is 0 Å². The second-order valence-electron chi connectivity index (χ2n) is 6.40. The molecule has 1 atom stereocenters. The van der Waals surface area contributed by atoms with Gasteiger partial charge in [-0.15, -0.1) is 0 Å². The van der Waals surface area contributed by atoms with Crippen LogP contribution in [0.15, 0.2) is 23.0 Å². The number of aromatic amines is 1. The fourth-order valence-corrected chi connectivity index (χ4v) is 3.47. The van der Waals surface area contributed by atoms with E-state index in [1.54, 1.807) is 0 Å². The molecule has 0 radical (unpaired) electrons. The summed E-state index contributed by atoms with van der Waals surface area (Å²) in [4.78, 5) is 17.8. The Balaban J connectivity index is 1.65. The van der Waals surface area contributed by atoms with Crippen LogP contribution in [-0.2, 0) is 11.3 Å². The van der Waals surface area contributed by atoms with Gasteiger partial charge in [-0.3, -0.25) is 9.69 Å². The lowest BCUT2D eigenvalue weighted by Crippen LogP contribution is -2.45. The van der Waals surface area contributed by atoms with Crippen molar-refractivity contribution in [3.63, 3.8) is 0 Å². The minimum Gasteiger partial charge on any atom is -0.454 e. The molecule has 3 heterocycles. The molecule has 1 fully saturated rings. The molecule has 0 saturated carbocycles. The first-order chi connectivity index (χ1) is 11.7. The van der Waals surface area contributed by atoms with Crippen LogP contribution in [0.4, 0.5) is 0 Å². The van der Waals surface area contributed by atoms with Crippen molar-refractivity contribution in [3.8, 4) is 11.5 Å². The highest BCUT2D eigenvalue weighted by Crippen LogP contribution is 2.35. The van der Waals surface area contributed by atoms with E-state index in [4.69, 9.17) is 14.2 Å². The van der Waals surface area contributed by atoms with Gasteiger partial charge < -0.3 is 19.2 Å². The molecule has 1 N–H and O–H groups in total. The molecule has 0 bridgehead atoms. The maximum absolute atomic E-state index is 12.5. The van der Waals surface area contributed by atoms with E-state index >= 15 is 0 Å². The van der Waals surface area contributed by atoms with Gasteiger partial charge in [0, 0.05) is 36.1 Å². The molecule has 0 aliphatic carbocycles. The average Bonchev–Trinajstić information content (AvgIpc) is 3.03. The smallest absolute Gasteiger partial charge is 0.252 e. The number of aromatic nitrogens is 1. The quantitative estimate of drug-likeness (QED) is 0.931. The average molecular weight is 330 g/mol. The number of hydrogen-bond donors (Lipinski definition) is 1. The highest BCUT2D eigenvalue weighted by Gasteiger charge is 2.23. The van der Waals surface area contributed by atoms with E-state index in [0.29, 0.717) is 18.3 Å². The lowest BCUT2D eigenvalue weighted by atomic mass is 10.1. The third-order valence-corrected chi connectivity index (χ3v) is 4.76. The molecule has 4 rings (SSSR count). The summed E-state index contributed by atoms with van der Waals surface area (Å²) < 4.78 is 16.4. The summed E-state index contributed by atoms with van der Waals surface area (Å²) in [5, 5.41) is 0.967. The summed E-state index contributed by atoms with van der Waals surface area (Å²) in [6, 6.07) is 6.11. The van der Waals surface area contributed by atoms with Crippen molar-refractivity contribution >= 4 is 10.9 Å². The maximum atomic E-state index is 12.5. The summed E-state index contributed by atoms with van der Waals surface area (Å²) >= 11 is 0. The van der Waals surface area contributed by atoms with Gasteiger partial charge >= 0.3 is 0 Å². The van der Waals surface area contributed by atoms with E-state index in [1.807, 2.05) is 18.2 Å². The van der Waals surface area contributed by atoms with Crippen LogP contribution in [0.1, 0.15) is 25.3 Å². The molecule has 6 nitrogen and oxygen atoms in total. The van der Waals surface area contributed by atoms with Crippen molar-refractivity contribution in [2.75, 3.05) is 26.6 Å². The second-order valence-corrected chi connectivity index (χ2v) is 6.40. The zero-order chi connectivity index (χ0) is 16.5. The van der Waals surface area contributed by atoms with Gasteiger partial charge in [0.2, 0.25) is 6.79 Å². The van der Waals surface area contributed by atoms with Gasteiger partial charge in [-0.25, -0.2) is 0 Å². The predicted molar refractivity (Wildman–Crippen MR) is 90.6 cm³/mol. The number of benzene rings is 1. The molecule has 2 aliphatic heterocycles. The van der Waals surface area contributed by atoms with Gasteiger partial charge in [0.1, 0.15) is 0 Å². The first-order valence-corrected chi connectivity index (χ1v) is 8.52. The Bertz CT molecular complexity index is 799. The lowest BCUT2D eigenvalue weighted by molar-refractivity contribution is -0.0148. The molecule has 1 saturated heterocycles. The van der Waals surface area contributed by atoms with E-state index in [2.05, 4.69) is 16.8 Å². The van der Waals surface area contributed by atoms with Crippen LogP contribution in [0.5, 0.6) is 11.5 Å². The fourth-order valence-electron chi connectivity index (χ4n) is 3.47. The standard InChI is InChI=1S/C18H22N2O4/c1-2-3-14-10-22-5-4-20(14)9-13-6-12-7-16-17(24-11-23-16)8-15(12)19-18(13)21/h6-8,14H,2-5,9-11H2,1H3,(H,19,21)/t14-/m0/s1. The minimum atomic E-state index is -0.0388. The molecular formula is C18H22N2O4. The number of H-pyrrole nitrogens is 1. The monoisotopic (exact) mass is 330 g/mol. The van der Waals surface area contributed by atoms with Crippen molar-refractivity contribution in [2.45, 2.75) is 32.4 Å². The molecule has 0 amide bonds. The predicted octanol–water partition coefficient (Wildman–Crippen LogP) is 2.26. The third-order valence-electron chi connectivity index (χ3n) is 4.76. The van der Waals surface area contributed by atoms with Crippen LogP contribution in [0.25, 0.3) is 10.9 Å². The molecule has 1 aromatic heterocycles. The first-order valence-electron chi connectivity index (χ1n) is 8.52. The molecule has 2 aromatic rings. The van der Waals surface area contributed by atoms with Gasteiger partial charge in [-0.2, -0.15) is 0 Å². The van der Waals surface area contributed by atoms with E-state index in [9.17, 15) is 4.79 Å². The summed E-state index contributed by atoms with van der Waals surface area (Å²) in [5.74, 6) is 1.41. The number of hydrogen-bond acceptors (Lipinski definition) is 5. The van der Waals surface area contributed by atoms with Crippen LogP contribution in [0, 0.1) is 0 Å². The van der Waals surface area contributed by atoms with Crippen molar-refractivity contribution in [2.24, 2.45) is 0 Å². The summed E-state index contributed by atoms with van der Waals surface area (Å²) in [7, 11) is 0. The highest BCUT2D eigenvalue weighted by atomic mass is 16.7. The number of ether oxygens (including phenoxy) is 3. The summed E-state index contributed by atoms with van der Waals surface area (Å²) in [5.41, 5.74) is 1.52. The van der Waals surface area contributed by atoms with Crippen LogP contribution in [-0.4, -0.2) is 42.5 Å². The maximum Gasteiger partial charge on any atom is 0.252 e. The molecule has 0 spiro atoms. The highest BCUT2D eigenvalue weighted by molar-refractivity contribution is 5.83. The number of nitrogens with zero attached hydrogens (tertiary/aromatic N) is 1. The summed E-state index contributed by atoms with van der Waals surface area (Å²) in [6.45, 7) is 5.40. The molecule has 24 heavy (non-hydrogen) atoms. The Labute approximate surface area is 140 Å².